The molecule has 0 aliphatic heterocycles. The van der Waals surface area contributed by atoms with E-state index in [4.69, 9.17) is 0 Å². The van der Waals surface area contributed by atoms with E-state index in [2.05, 4.69) is 25.3 Å². The van der Waals surface area contributed by atoms with Gasteiger partial charge in [-0.2, -0.15) is 0 Å². The molecule has 0 bridgehead atoms. The molecule has 0 radical (unpaired) electrons. The molecule has 0 aliphatic carbocycles. The van der Waals surface area contributed by atoms with Crippen molar-refractivity contribution >= 4 is 25.3 Å². The number of hydrogen-bond acceptors (Lipinski definition) is 2. The summed E-state index contributed by atoms with van der Waals surface area (Å²) in [6.45, 7) is 0. The van der Waals surface area contributed by atoms with E-state index in [1.54, 1.807) is 0 Å². The van der Waals surface area contributed by atoms with Crippen LogP contribution in [0.5, 0.6) is 0 Å². The van der Waals surface area contributed by atoms with Crippen molar-refractivity contribution in [2.75, 3.05) is 11.5 Å². The predicted molar refractivity (Wildman–Crippen MR) is 55.8 cm³/mol. The first-order valence-electron chi connectivity index (χ1n) is 4.08. The van der Waals surface area contributed by atoms with E-state index in [0.29, 0.717) is 0 Å². The Balaban J connectivity index is 2.69. The van der Waals surface area contributed by atoms with Gasteiger partial charge in [0.25, 0.3) is 0 Å². The Bertz CT molecular complexity index is 61.1. The van der Waals surface area contributed by atoms with Crippen LogP contribution in [0.4, 0.5) is 0 Å². The Hall–Kier alpha value is 1.19. The Morgan fingerprint density at radius 2 is 1.18 bits per heavy atom. The number of thiol groups is 2. The van der Waals surface area contributed by atoms with E-state index < -0.39 is 0 Å². The monoisotopic (exact) mass is 236 g/mol. The molecule has 0 saturated carbocycles. The molecule has 72 valence electrons. The summed E-state index contributed by atoms with van der Waals surface area (Å²) in [7, 11) is 0. The van der Waals surface area contributed by atoms with Crippen molar-refractivity contribution in [1.82, 2.24) is 0 Å². The van der Waals surface area contributed by atoms with Gasteiger partial charge in [-0.3, -0.25) is 0 Å². The molecular weight excluding hydrogens is 219 g/mol. The van der Waals surface area contributed by atoms with Crippen LogP contribution in [0.25, 0.3) is 0 Å². The molecule has 0 amide bonds. The quantitative estimate of drug-likeness (QED) is 0.361. The number of rotatable bonds is 8. The molecule has 11 heavy (non-hydrogen) atoms. The average Bonchev–Trinajstić information content (AvgIpc) is 2.03. The van der Waals surface area contributed by atoms with Gasteiger partial charge in [0.2, 0.25) is 0 Å². The van der Waals surface area contributed by atoms with Crippen LogP contribution in [0.2, 0.25) is 10.8 Å². The van der Waals surface area contributed by atoms with E-state index in [1.165, 1.54) is 36.5 Å². The Morgan fingerprint density at radius 1 is 0.727 bits per heavy atom. The predicted octanol–water partition coefficient (Wildman–Crippen LogP) is 3.33. The van der Waals surface area contributed by atoms with Crippen LogP contribution in [-0.2, 0) is 14.4 Å². The molecule has 0 saturated heterocycles. The number of hydrogen-bond donors (Lipinski definition) is 2. The molecule has 0 fully saturated rings. The van der Waals surface area contributed by atoms with Gasteiger partial charge in [-0.1, -0.05) is 0 Å². The summed E-state index contributed by atoms with van der Waals surface area (Å²) >= 11 is 10.2. The first kappa shape index (κ1) is 12.2. The molecular formula is C8H18NiS2. The fourth-order valence-corrected chi connectivity index (χ4v) is 2.30. The van der Waals surface area contributed by atoms with E-state index >= 15 is 0 Å². The Labute approximate surface area is 87.5 Å². The van der Waals surface area contributed by atoms with Crippen LogP contribution in [0.1, 0.15) is 25.7 Å². The summed E-state index contributed by atoms with van der Waals surface area (Å²) in [5.41, 5.74) is 0. The summed E-state index contributed by atoms with van der Waals surface area (Å²) < 4.78 is 0. The normalized spacial score (nSPS) is 10.7. The maximum absolute atomic E-state index is 4.16. The van der Waals surface area contributed by atoms with E-state index in [0.717, 1.165) is 11.5 Å². The third kappa shape index (κ3) is 11.2. The summed E-state index contributed by atoms with van der Waals surface area (Å²) in [6.07, 6.45) is 5.22. The second-order valence-corrected chi connectivity index (χ2v) is 4.71. The van der Waals surface area contributed by atoms with Gasteiger partial charge in [-0.15, -0.1) is 0 Å². The van der Waals surface area contributed by atoms with Crippen molar-refractivity contribution in [2.24, 2.45) is 0 Å². The standard InChI is InChI=1S/2C4H9S.Ni/c2*1-2-3-4-5;/h2*5H,1-4H2;. The van der Waals surface area contributed by atoms with Crippen molar-refractivity contribution in [3.63, 3.8) is 0 Å². The van der Waals surface area contributed by atoms with Gasteiger partial charge in [0.1, 0.15) is 0 Å². The van der Waals surface area contributed by atoms with Gasteiger partial charge in [0, 0.05) is 0 Å². The van der Waals surface area contributed by atoms with E-state index in [-0.39, 0.29) is 0 Å². The molecule has 0 N–H and O–H groups in total. The molecule has 0 unspecified atom stereocenters. The Kier molecular flexibility index (Phi) is 12.4. The van der Waals surface area contributed by atoms with Gasteiger partial charge >= 0.3 is 87.7 Å². The molecule has 0 rings (SSSR count). The fraction of sp³-hybridized carbons (Fsp3) is 1.00. The van der Waals surface area contributed by atoms with Crippen molar-refractivity contribution in [3.8, 4) is 0 Å². The van der Waals surface area contributed by atoms with Crippen LogP contribution in [0.15, 0.2) is 0 Å². The summed E-state index contributed by atoms with van der Waals surface area (Å²) in [4.78, 5) is 0. The van der Waals surface area contributed by atoms with Crippen LogP contribution >= 0.6 is 25.3 Å². The fourth-order valence-electron chi connectivity index (χ4n) is 0.619. The SMILES string of the molecule is SCCC[CH2][Ni][CH2]CCCS. The summed E-state index contributed by atoms with van der Waals surface area (Å²) in [6, 6.07) is 0. The zero-order valence-corrected chi connectivity index (χ0v) is 9.64. The molecule has 0 spiro atoms. The zero-order valence-electron chi connectivity index (χ0n) is 6.87. The van der Waals surface area contributed by atoms with E-state index in [9.17, 15) is 0 Å². The molecule has 0 heterocycles. The molecule has 0 nitrogen and oxygen atoms in total. The van der Waals surface area contributed by atoms with Crippen molar-refractivity contribution in [1.29, 1.82) is 0 Å². The third-order valence-corrected chi connectivity index (χ3v) is 3.29. The molecule has 0 aromatic carbocycles. The topological polar surface area (TPSA) is 0 Å². The van der Waals surface area contributed by atoms with Crippen molar-refractivity contribution in [3.05, 3.63) is 0 Å². The van der Waals surface area contributed by atoms with Crippen LogP contribution < -0.4 is 0 Å². The van der Waals surface area contributed by atoms with Gasteiger partial charge in [-0.05, 0) is 0 Å². The Morgan fingerprint density at radius 3 is 1.55 bits per heavy atom. The van der Waals surface area contributed by atoms with Crippen molar-refractivity contribution in [2.45, 2.75) is 36.5 Å². The zero-order chi connectivity index (χ0) is 8.36. The molecule has 3 heteroatoms. The van der Waals surface area contributed by atoms with E-state index in [1.807, 2.05) is 14.4 Å². The molecule has 0 aliphatic rings. The second kappa shape index (κ2) is 11.2. The number of unbranched alkanes of at least 4 members (excludes halogenated alkanes) is 2. The first-order valence-corrected chi connectivity index (χ1v) is 6.74. The van der Waals surface area contributed by atoms with Gasteiger partial charge in [0.15, 0.2) is 0 Å². The second-order valence-electron chi connectivity index (χ2n) is 2.34. The van der Waals surface area contributed by atoms with Gasteiger partial charge in [0.05, 0.1) is 0 Å². The first-order chi connectivity index (χ1) is 5.41. The molecule has 0 aromatic rings. The van der Waals surface area contributed by atoms with Gasteiger partial charge in [-0.25, -0.2) is 0 Å². The summed E-state index contributed by atoms with van der Waals surface area (Å²) in [5.74, 6) is 2.08. The van der Waals surface area contributed by atoms with Gasteiger partial charge < -0.3 is 0 Å². The molecule has 0 aromatic heterocycles. The maximum atomic E-state index is 4.16. The van der Waals surface area contributed by atoms with Crippen LogP contribution in [0.3, 0.4) is 0 Å². The minimum absolute atomic E-state index is 1.04. The average molecular weight is 237 g/mol. The van der Waals surface area contributed by atoms with Crippen LogP contribution in [0, 0.1) is 0 Å². The summed E-state index contributed by atoms with van der Waals surface area (Å²) in [5, 5.41) is 2.67. The molecule has 0 atom stereocenters. The van der Waals surface area contributed by atoms with Crippen LogP contribution in [-0.4, -0.2) is 11.5 Å². The van der Waals surface area contributed by atoms with Crippen molar-refractivity contribution < 1.29 is 14.4 Å². The minimum atomic E-state index is 1.04. The third-order valence-electron chi connectivity index (χ3n) is 1.26.